The van der Waals surface area contributed by atoms with Crippen LogP contribution in [-0.2, 0) is 4.79 Å². The van der Waals surface area contributed by atoms with Gasteiger partial charge in [0.25, 0.3) is 0 Å². The van der Waals surface area contributed by atoms with Crippen LogP contribution in [0.5, 0.6) is 5.75 Å². The van der Waals surface area contributed by atoms with Crippen LogP contribution in [0.25, 0.3) is 10.9 Å². The van der Waals surface area contributed by atoms with Crippen molar-refractivity contribution in [2.24, 2.45) is 5.73 Å². The lowest BCUT2D eigenvalue weighted by Crippen LogP contribution is -2.20. The number of benzene rings is 1. The lowest BCUT2D eigenvalue weighted by atomic mass is 10.1. The highest BCUT2D eigenvalue weighted by molar-refractivity contribution is 5.93. The minimum Gasteiger partial charge on any atom is -0.495 e. The Morgan fingerprint density at radius 3 is 2.63 bits per heavy atom. The zero-order chi connectivity index (χ0) is 14.2. The Bertz CT molecular complexity index is 616. The molecule has 5 nitrogen and oxygen atoms in total. The number of carboxylic acids is 1. The molecule has 0 bridgehead atoms. The van der Waals surface area contributed by atoms with Crippen molar-refractivity contribution >= 4 is 16.9 Å². The Morgan fingerprint density at radius 2 is 2.11 bits per heavy atom. The van der Waals surface area contributed by atoms with Gasteiger partial charge < -0.3 is 20.1 Å². The number of rotatable bonds is 4. The molecule has 0 amide bonds. The number of methoxy groups -OCH3 is 1. The predicted molar refractivity (Wildman–Crippen MR) is 73.4 cm³/mol. The zero-order valence-corrected chi connectivity index (χ0v) is 11.3. The van der Waals surface area contributed by atoms with Gasteiger partial charge in [-0.2, -0.15) is 0 Å². The van der Waals surface area contributed by atoms with Gasteiger partial charge in [0.2, 0.25) is 0 Å². The number of aromatic nitrogens is 1. The van der Waals surface area contributed by atoms with Gasteiger partial charge in [-0.15, -0.1) is 0 Å². The van der Waals surface area contributed by atoms with Gasteiger partial charge >= 0.3 is 5.97 Å². The van der Waals surface area contributed by atoms with Gasteiger partial charge in [-0.05, 0) is 19.9 Å². The molecular weight excluding hydrogens is 244 g/mol. The van der Waals surface area contributed by atoms with E-state index in [1.54, 1.807) is 13.3 Å². The van der Waals surface area contributed by atoms with Crippen LogP contribution in [0.3, 0.4) is 0 Å². The number of aliphatic carboxylic acids is 1. The lowest BCUT2D eigenvalue weighted by Gasteiger charge is -2.11. The van der Waals surface area contributed by atoms with Gasteiger partial charge in [0.15, 0.2) is 0 Å². The molecule has 0 aliphatic carbocycles. The van der Waals surface area contributed by atoms with E-state index in [2.05, 4.69) is 0 Å². The second kappa shape index (κ2) is 4.93. The first-order chi connectivity index (χ1) is 8.97. The molecule has 0 aliphatic heterocycles. The molecule has 2 aromatic rings. The first-order valence-electron chi connectivity index (χ1n) is 6.13. The molecule has 19 heavy (non-hydrogen) atoms. The standard InChI is InChI=1S/C14H18N2O3/c1-8(2)16-7-10(12(15)14(17)18)9-5-4-6-11(19-3)13(9)16/h4-8,12H,15H2,1-3H3,(H,17,18). The van der Waals surface area contributed by atoms with Crippen molar-refractivity contribution in [2.75, 3.05) is 7.11 Å². The third-order valence-corrected chi connectivity index (χ3v) is 3.22. The Labute approximate surface area is 111 Å². The van der Waals surface area contributed by atoms with Crippen LogP contribution >= 0.6 is 0 Å². The topological polar surface area (TPSA) is 77.5 Å². The van der Waals surface area contributed by atoms with Gasteiger partial charge in [-0.25, -0.2) is 0 Å². The summed E-state index contributed by atoms with van der Waals surface area (Å²) >= 11 is 0. The summed E-state index contributed by atoms with van der Waals surface area (Å²) < 4.78 is 7.36. The highest BCUT2D eigenvalue weighted by atomic mass is 16.5. The second-order valence-corrected chi connectivity index (χ2v) is 4.76. The molecule has 0 spiro atoms. The van der Waals surface area contributed by atoms with E-state index in [1.165, 1.54) is 0 Å². The number of carboxylic acid groups (broad SMARTS) is 1. The first-order valence-corrected chi connectivity index (χ1v) is 6.13. The number of hydrogen-bond donors (Lipinski definition) is 2. The van der Waals surface area contributed by atoms with Crippen LogP contribution in [0.4, 0.5) is 0 Å². The van der Waals surface area contributed by atoms with Crippen molar-refractivity contribution in [3.05, 3.63) is 30.0 Å². The number of nitrogens with zero attached hydrogens (tertiary/aromatic N) is 1. The number of nitrogens with two attached hydrogens (primary N) is 1. The van der Waals surface area contributed by atoms with Crippen LogP contribution in [-0.4, -0.2) is 22.8 Å². The van der Waals surface area contributed by atoms with Crippen LogP contribution in [0, 0.1) is 0 Å². The Kier molecular flexibility index (Phi) is 3.48. The summed E-state index contributed by atoms with van der Waals surface area (Å²) in [6.07, 6.45) is 1.80. The number of carbonyl (C=O) groups is 1. The van der Waals surface area contributed by atoms with E-state index in [1.807, 2.05) is 36.6 Å². The van der Waals surface area contributed by atoms with E-state index in [0.29, 0.717) is 5.56 Å². The highest BCUT2D eigenvalue weighted by Gasteiger charge is 2.22. The summed E-state index contributed by atoms with van der Waals surface area (Å²) in [5.41, 5.74) is 7.24. The minimum atomic E-state index is -1.04. The number of ether oxygens (including phenoxy) is 1. The average Bonchev–Trinajstić information content (AvgIpc) is 2.77. The quantitative estimate of drug-likeness (QED) is 0.886. The smallest absolute Gasteiger partial charge is 0.325 e. The fourth-order valence-corrected chi connectivity index (χ4v) is 2.26. The molecule has 102 valence electrons. The van der Waals surface area contributed by atoms with E-state index in [9.17, 15) is 4.79 Å². The molecule has 2 rings (SSSR count). The molecule has 0 fully saturated rings. The Balaban J connectivity index is 2.78. The van der Waals surface area contributed by atoms with Gasteiger partial charge in [-0.1, -0.05) is 12.1 Å². The highest BCUT2D eigenvalue weighted by Crippen LogP contribution is 2.34. The van der Waals surface area contributed by atoms with Crippen LogP contribution in [0.1, 0.15) is 31.5 Å². The van der Waals surface area contributed by atoms with Crippen molar-refractivity contribution in [1.82, 2.24) is 4.57 Å². The Morgan fingerprint density at radius 1 is 1.42 bits per heavy atom. The molecular formula is C14H18N2O3. The molecule has 1 heterocycles. The fraction of sp³-hybridized carbons (Fsp3) is 0.357. The molecule has 0 saturated heterocycles. The number of para-hydroxylation sites is 1. The van der Waals surface area contributed by atoms with Gasteiger partial charge in [0.1, 0.15) is 11.8 Å². The normalized spacial score (nSPS) is 12.9. The van der Waals surface area contributed by atoms with E-state index < -0.39 is 12.0 Å². The van der Waals surface area contributed by atoms with Crippen LogP contribution in [0.2, 0.25) is 0 Å². The maximum atomic E-state index is 11.1. The van der Waals surface area contributed by atoms with Crippen LogP contribution in [0.15, 0.2) is 24.4 Å². The third kappa shape index (κ3) is 2.17. The van der Waals surface area contributed by atoms with E-state index >= 15 is 0 Å². The molecule has 1 atom stereocenters. The summed E-state index contributed by atoms with van der Waals surface area (Å²) in [5.74, 6) is -0.319. The predicted octanol–water partition coefficient (Wildman–Crippen LogP) is 2.32. The van der Waals surface area contributed by atoms with Crippen molar-refractivity contribution < 1.29 is 14.6 Å². The van der Waals surface area contributed by atoms with Gasteiger partial charge in [0.05, 0.1) is 12.6 Å². The molecule has 5 heteroatoms. The van der Waals surface area contributed by atoms with Gasteiger partial charge in [-0.3, -0.25) is 4.79 Å². The summed E-state index contributed by atoms with van der Waals surface area (Å²) in [6.45, 7) is 4.06. The SMILES string of the molecule is COc1cccc2c(C(N)C(=O)O)cn(C(C)C)c12. The lowest BCUT2D eigenvalue weighted by molar-refractivity contribution is -0.138. The average molecular weight is 262 g/mol. The van der Waals surface area contributed by atoms with Crippen LogP contribution < -0.4 is 10.5 Å². The summed E-state index contributed by atoms with van der Waals surface area (Å²) in [7, 11) is 1.60. The Hall–Kier alpha value is -2.01. The monoisotopic (exact) mass is 262 g/mol. The number of fused-ring (bicyclic) bond motifs is 1. The summed E-state index contributed by atoms with van der Waals surface area (Å²) in [5, 5.41) is 9.93. The third-order valence-electron chi connectivity index (χ3n) is 3.22. The molecule has 3 N–H and O–H groups in total. The molecule has 1 aromatic carbocycles. The van der Waals surface area contributed by atoms with Crippen molar-refractivity contribution in [3.63, 3.8) is 0 Å². The summed E-state index contributed by atoms with van der Waals surface area (Å²) in [4.78, 5) is 11.1. The number of hydrogen-bond acceptors (Lipinski definition) is 3. The van der Waals surface area contributed by atoms with E-state index in [4.69, 9.17) is 15.6 Å². The first kappa shape index (κ1) is 13.4. The van der Waals surface area contributed by atoms with Crippen molar-refractivity contribution in [2.45, 2.75) is 25.9 Å². The van der Waals surface area contributed by atoms with E-state index in [0.717, 1.165) is 16.7 Å². The summed E-state index contributed by atoms with van der Waals surface area (Å²) in [6, 6.07) is 4.72. The van der Waals surface area contributed by atoms with Crippen molar-refractivity contribution in [3.8, 4) is 5.75 Å². The second-order valence-electron chi connectivity index (χ2n) is 4.76. The molecule has 0 aliphatic rings. The van der Waals surface area contributed by atoms with Gasteiger partial charge in [0, 0.05) is 23.2 Å². The minimum absolute atomic E-state index is 0.188. The molecule has 1 unspecified atom stereocenters. The fourth-order valence-electron chi connectivity index (χ4n) is 2.26. The zero-order valence-electron chi connectivity index (χ0n) is 11.3. The molecule has 1 aromatic heterocycles. The van der Waals surface area contributed by atoms with E-state index in [-0.39, 0.29) is 6.04 Å². The molecule has 0 radical (unpaired) electrons. The largest absolute Gasteiger partial charge is 0.495 e. The molecule has 0 saturated carbocycles. The maximum absolute atomic E-state index is 11.1. The maximum Gasteiger partial charge on any atom is 0.325 e. The van der Waals surface area contributed by atoms with Crippen molar-refractivity contribution in [1.29, 1.82) is 0 Å².